The molecular formula is C24H27NO3Si. The van der Waals surface area contributed by atoms with Gasteiger partial charge < -0.3 is 14.9 Å². The Balaban J connectivity index is 2.18. The second kappa shape index (κ2) is 8.13. The van der Waals surface area contributed by atoms with Crippen LogP contribution in [0, 0.1) is 0 Å². The third-order valence-corrected chi connectivity index (χ3v) is 9.85. The standard InChI is InChI=1S/C24H27NO3Si/c1-18(26)27-19-15-16-23(22(25)17-19)28-29(24(2,3)4,20-11-7-5-8-12-20)21-13-9-6-10-14-21/h5-17H,25H2,1-4H3. The molecule has 0 amide bonds. The Hall–Kier alpha value is -3.05. The molecule has 0 fully saturated rings. The van der Waals surface area contributed by atoms with Crippen LogP contribution in [0.3, 0.4) is 0 Å². The van der Waals surface area contributed by atoms with E-state index >= 15 is 0 Å². The molecule has 0 aliphatic rings. The molecule has 0 aliphatic heterocycles. The first kappa shape index (κ1) is 20.7. The van der Waals surface area contributed by atoms with Crippen molar-refractivity contribution in [3.63, 3.8) is 0 Å². The van der Waals surface area contributed by atoms with Crippen LogP contribution in [0.5, 0.6) is 11.5 Å². The van der Waals surface area contributed by atoms with Gasteiger partial charge in [-0.05, 0) is 27.5 Å². The number of benzene rings is 3. The maximum Gasteiger partial charge on any atom is 0.320 e. The summed E-state index contributed by atoms with van der Waals surface area (Å²) >= 11 is 0. The summed E-state index contributed by atoms with van der Waals surface area (Å²) in [6.45, 7) is 8.00. The molecular weight excluding hydrogens is 378 g/mol. The average Bonchev–Trinajstić information content (AvgIpc) is 2.67. The summed E-state index contributed by atoms with van der Waals surface area (Å²) in [7, 11) is -2.76. The van der Waals surface area contributed by atoms with Gasteiger partial charge in [0.25, 0.3) is 0 Å². The average molecular weight is 406 g/mol. The summed E-state index contributed by atoms with van der Waals surface area (Å²) < 4.78 is 12.1. The van der Waals surface area contributed by atoms with Gasteiger partial charge in [0.05, 0.1) is 5.69 Å². The van der Waals surface area contributed by atoms with Crippen LogP contribution >= 0.6 is 0 Å². The molecule has 0 heterocycles. The van der Waals surface area contributed by atoms with Crippen molar-refractivity contribution in [3.05, 3.63) is 78.9 Å². The van der Waals surface area contributed by atoms with Crippen molar-refractivity contribution in [1.29, 1.82) is 0 Å². The van der Waals surface area contributed by atoms with Crippen LogP contribution in [0.2, 0.25) is 5.04 Å². The molecule has 0 saturated carbocycles. The molecule has 3 aromatic carbocycles. The Morgan fingerprint density at radius 3 is 1.79 bits per heavy atom. The number of hydrogen-bond acceptors (Lipinski definition) is 4. The second-order valence-corrected chi connectivity index (χ2v) is 12.3. The van der Waals surface area contributed by atoms with Crippen molar-refractivity contribution in [1.82, 2.24) is 0 Å². The van der Waals surface area contributed by atoms with Gasteiger partial charge in [-0.1, -0.05) is 81.4 Å². The van der Waals surface area contributed by atoms with Crippen LogP contribution in [0.1, 0.15) is 27.7 Å². The maximum absolute atomic E-state index is 11.3. The third kappa shape index (κ3) is 4.20. The first-order chi connectivity index (χ1) is 13.7. The fourth-order valence-corrected chi connectivity index (χ4v) is 8.11. The maximum atomic E-state index is 11.3. The van der Waals surface area contributed by atoms with Gasteiger partial charge in [0.2, 0.25) is 0 Å². The van der Waals surface area contributed by atoms with Crippen molar-refractivity contribution in [2.24, 2.45) is 0 Å². The number of nitrogens with two attached hydrogens (primary N) is 1. The predicted molar refractivity (Wildman–Crippen MR) is 120 cm³/mol. The van der Waals surface area contributed by atoms with Crippen molar-refractivity contribution in [2.75, 3.05) is 5.73 Å². The quantitative estimate of drug-likeness (QED) is 0.300. The summed E-state index contributed by atoms with van der Waals surface area (Å²) in [4.78, 5) is 11.3. The van der Waals surface area contributed by atoms with E-state index < -0.39 is 8.32 Å². The summed E-state index contributed by atoms with van der Waals surface area (Å²) in [5, 5.41) is 2.17. The van der Waals surface area contributed by atoms with E-state index in [4.69, 9.17) is 14.9 Å². The monoisotopic (exact) mass is 405 g/mol. The molecule has 0 bridgehead atoms. The number of carbonyl (C=O) groups excluding carboxylic acids is 1. The SMILES string of the molecule is CC(=O)Oc1ccc(O[Si](c2ccccc2)(c2ccccc2)C(C)(C)C)c(N)c1. The van der Waals surface area contributed by atoms with E-state index in [0.29, 0.717) is 17.2 Å². The fourth-order valence-electron chi connectivity index (χ4n) is 3.66. The number of ether oxygens (including phenoxy) is 1. The van der Waals surface area contributed by atoms with Gasteiger partial charge >= 0.3 is 14.3 Å². The number of esters is 1. The molecule has 150 valence electrons. The summed E-state index contributed by atoms with van der Waals surface area (Å²) in [6, 6.07) is 25.9. The first-order valence-electron chi connectivity index (χ1n) is 9.62. The number of rotatable bonds is 5. The van der Waals surface area contributed by atoms with E-state index in [0.717, 1.165) is 0 Å². The van der Waals surface area contributed by atoms with Gasteiger partial charge in [-0.15, -0.1) is 0 Å². The van der Waals surface area contributed by atoms with Crippen molar-refractivity contribution in [3.8, 4) is 11.5 Å². The van der Waals surface area contributed by atoms with E-state index in [9.17, 15) is 4.79 Å². The minimum atomic E-state index is -2.76. The Kier molecular flexibility index (Phi) is 5.80. The Morgan fingerprint density at radius 1 is 0.862 bits per heavy atom. The zero-order valence-electron chi connectivity index (χ0n) is 17.3. The molecule has 4 nitrogen and oxygen atoms in total. The third-order valence-electron chi connectivity index (χ3n) is 4.92. The molecule has 0 aliphatic carbocycles. The molecule has 3 aromatic rings. The van der Waals surface area contributed by atoms with E-state index in [1.165, 1.54) is 17.3 Å². The predicted octanol–water partition coefficient (Wildman–Crippen LogP) is 4.13. The Morgan fingerprint density at radius 2 is 1.38 bits per heavy atom. The molecule has 0 spiro atoms. The molecule has 0 aromatic heterocycles. The molecule has 3 rings (SSSR count). The lowest BCUT2D eigenvalue weighted by Gasteiger charge is -2.43. The van der Waals surface area contributed by atoms with Gasteiger partial charge in [-0.25, -0.2) is 0 Å². The zero-order valence-corrected chi connectivity index (χ0v) is 18.3. The smallest absolute Gasteiger partial charge is 0.320 e. The lowest BCUT2D eigenvalue weighted by atomic mass is 10.2. The van der Waals surface area contributed by atoms with Crippen LogP contribution in [0.4, 0.5) is 5.69 Å². The van der Waals surface area contributed by atoms with Gasteiger partial charge in [0, 0.05) is 13.0 Å². The minimum Gasteiger partial charge on any atom is -0.533 e. The van der Waals surface area contributed by atoms with E-state index in [-0.39, 0.29) is 11.0 Å². The number of hydrogen-bond donors (Lipinski definition) is 1. The fraction of sp³-hybridized carbons (Fsp3) is 0.208. The summed E-state index contributed by atoms with van der Waals surface area (Å²) in [5.41, 5.74) is 6.75. The van der Waals surface area contributed by atoms with Gasteiger partial charge in [0.15, 0.2) is 0 Å². The lowest BCUT2D eigenvalue weighted by molar-refractivity contribution is -0.131. The molecule has 29 heavy (non-hydrogen) atoms. The van der Waals surface area contributed by atoms with Crippen LogP contribution in [-0.4, -0.2) is 14.3 Å². The second-order valence-electron chi connectivity index (χ2n) is 8.06. The van der Waals surface area contributed by atoms with Crippen molar-refractivity contribution >= 4 is 30.3 Å². The molecule has 0 unspecified atom stereocenters. The first-order valence-corrected chi connectivity index (χ1v) is 11.5. The van der Waals surface area contributed by atoms with Crippen LogP contribution in [0.25, 0.3) is 0 Å². The van der Waals surface area contributed by atoms with Crippen LogP contribution in [0.15, 0.2) is 78.9 Å². The Bertz CT molecular complexity index is 943. The number of carbonyl (C=O) groups is 1. The Labute approximate surface area is 173 Å². The number of nitrogen functional groups attached to an aromatic ring is 1. The minimum absolute atomic E-state index is 0.170. The van der Waals surface area contributed by atoms with Crippen molar-refractivity contribution < 1.29 is 14.0 Å². The highest BCUT2D eigenvalue weighted by atomic mass is 28.4. The van der Waals surface area contributed by atoms with E-state index in [1.807, 2.05) is 36.4 Å². The molecule has 0 saturated heterocycles. The highest BCUT2D eigenvalue weighted by Gasteiger charge is 2.52. The highest BCUT2D eigenvalue weighted by Crippen LogP contribution is 2.39. The lowest BCUT2D eigenvalue weighted by Crippen LogP contribution is -2.68. The van der Waals surface area contributed by atoms with Gasteiger partial charge in [-0.2, -0.15) is 0 Å². The van der Waals surface area contributed by atoms with E-state index in [1.54, 1.807) is 18.2 Å². The molecule has 2 N–H and O–H groups in total. The molecule has 0 radical (unpaired) electrons. The molecule has 0 atom stereocenters. The van der Waals surface area contributed by atoms with Crippen LogP contribution in [-0.2, 0) is 4.79 Å². The summed E-state index contributed by atoms with van der Waals surface area (Å²) in [5.74, 6) is 0.616. The topological polar surface area (TPSA) is 61.5 Å². The summed E-state index contributed by atoms with van der Waals surface area (Å²) in [6.07, 6.45) is 0. The van der Waals surface area contributed by atoms with E-state index in [2.05, 4.69) is 45.0 Å². The molecule has 5 heteroatoms. The van der Waals surface area contributed by atoms with Crippen LogP contribution < -0.4 is 25.3 Å². The van der Waals surface area contributed by atoms with Gasteiger partial charge in [0.1, 0.15) is 11.5 Å². The van der Waals surface area contributed by atoms with Crippen molar-refractivity contribution in [2.45, 2.75) is 32.7 Å². The number of anilines is 1. The highest BCUT2D eigenvalue weighted by molar-refractivity contribution is 7.00. The largest absolute Gasteiger partial charge is 0.533 e. The zero-order chi connectivity index (χ0) is 21.1. The van der Waals surface area contributed by atoms with Gasteiger partial charge in [-0.3, -0.25) is 4.79 Å². The normalized spacial score (nSPS) is 11.7.